The molecule has 0 radical (unpaired) electrons. The molecule has 16 heavy (non-hydrogen) atoms. The molecule has 2 aromatic rings. The zero-order chi connectivity index (χ0) is 11.5. The molecule has 0 aliphatic carbocycles. The predicted molar refractivity (Wildman–Crippen MR) is 65.5 cm³/mol. The number of aromatic nitrogens is 1. The standard InChI is InChI=1S/C11H13N3OS/c1-14(2)11(15)12-7-10-13-8-5-3-4-6-9(8)16-10/h3-6H,7H2,1-2H3,(H,12,15). The van der Waals surface area contributed by atoms with Crippen molar-refractivity contribution < 1.29 is 4.79 Å². The lowest BCUT2D eigenvalue weighted by molar-refractivity contribution is 0.217. The van der Waals surface area contributed by atoms with Gasteiger partial charge in [-0.3, -0.25) is 0 Å². The lowest BCUT2D eigenvalue weighted by atomic mass is 10.3. The molecule has 0 saturated heterocycles. The molecule has 1 heterocycles. The summed E-state index contributed by atoms with van der Waals surface area (Å²) < 4.78 is 1.15. The number of thiazole rings is 1. The Kier molecular flexibility index (Phi) is 3.05. The van der Waals surface area contributed by atoms with Crippen LogP contribution in [0.4, 0.5) is 4.79 Å². The fourth-order valence-electron chi connectivity index (χ4n) is 1.30. The Labute approximate surface area is 97.9 Å². The maximum Gasteiger partial charge on any atom is 0.317 e. The van der Waals surface area contributed by atoms with Crippen LogP contribution in [0.3, 0.4) is 0 Å². The van der Waals surface area contributed by atoms with Crippen LogP contribution < -0.4 is 5.32 Å². The highest BCUT2D eigenvalue weighted by molar-refractivity contribution is 7.18. The van der Waals surface area contributed by atoms with Crippen LogP contribution in [-0.2, 0) is 6.54 Å². The van der Waals surface area contributed by atoms with E-state index >= 15 is 0 Å². The van der Waals surface area contributed by atoms with Gasteiger partial charge in [-0.25, -0.2) is 9.78 Å². The molecule has 2 amide bonds. The molecule has 0 spiro atoms. The van der Waals surface area contributed by atoms with Gasteiger partial charge in [0.05, 0.1) is 16.8 Å². The van der Waals surface area contributed by atoms with Crippen LogP contribution in [-0.4, -0.2) is 30.0 Å². The number of para-hydroxylation sites is 1. The van der Waals surface area contributed by atoms with E-state index in [9.17, 15) is 4.79 Å². The monoisotopic (exact) mass is 235 g/mol. The molecule has 0 unspecified atom stereocenters. The molecule has 0 saturated carbocycles. The van der Waals surface area contributed by atoms with Crippen LogP contribution in [0.5, 0.6) is 0 Å². The Balaban J connectivity index is 2.07. The third-order valence-electron chi connectivity index (χ3n) is 2.14. The summed E-state index contributed by atoms with van der Waals surface area (Å²) in [7, 11) is 3.43. The van der Waals surface area contributed by atoms with Gasteiger partial charge in [0, 0.05) is 14.1 Å². The summed E-state index contributed by atoms with van der Waals surface area (Å²) >= 11 is 1.61. The van der Waals surface area contributed by atoms with Crippen molar-refractivity contribution in [3.8, 4) is 0 Å². The van der Waals surface area contributed by atoms with Gasteiger partial charge in [-0.15, -0.1) is 11.3 Å². The molecule has 1 N–H and O–H groups in total. The van der Waals surface area contributed by atoms with Gasteiger partial charge in [-0.05, 0) is 12.1 Å². The highest BCUT2D eigenvalue weighted by Gasteiger charge is 2.06. The van der Waals surface area contributed by atoms with Gasteiger partial charge < -0.3 is 10.2 Å². The molecule has 0 bridgehead atoms. The Morgan fingerprint density at radius 2 is 2.19 bits per heavy atom. The second-order valence-electron chi connectivity index (χ2n) is 3.63. The van der Waals surface area contributed by atoms with Gasteiger partial charge in [0.25, 0.3) is 0 Å². The molecule has 0 atom stereocenters. The van der Waals surface area contributed by atoms with Crippen LogP contribution in [0, 0.1) is 0 Å². The first-order chi connectivity index (χ1) is 7.66. The summed E-state index contributed by atoms with van der Waals surface area (Å²) in [6.45, 7) is 0.483. The van der Waals surface area contributed by atoms with E-state index in [1.807, 2.05) is 24.3 Å². The fourth-order valence-corrected chi connectivity index (χ4v) is 2.21. The van der Waals surface area contributed by atoms with Crippen molar-refractivity contribution in [1.29, 1.82) is 0 Å². The van der Waals surface area contributed by atoms with E-state index in [1.54, 1.807) is 25.4 Å². The van der Waals surface area contributed by atoms with E-state index in [0.29, 0.717) is 6.54 Å². The minimum atomic E-state index is -0.0979. The molecule has 2 rings (SSSR count). The van der Waals surface area contributed by atoms with E-state index in [-0.39, 0.29) is 6.03 Å². The molecule has 5 heteroatoms. The minimum absolute atomic E-state index is 0.0979. The van der Waals surface area contributed by atoms with Gasteiger partial charge in [-0.1, -0.05) is 12.1 Å². The maximum atomic E-state index is 11.3. The first-order valence-electron chi connectivity index (χ1n) is 4.96. The van der Waals surface area contributed by atoms with Gasteiger partial charge in [0.1, 0.15) is 5.01 Å². The van der Waals surface area contributed by atoms with Crippen molar-refractivity contribution in [3.63, 3.8) is 0 Å². The van der Waals surface area contributed by atoms with E-state index < -0.39 is 0 Å². The number of benzene rings is 1. The number of carbonyl (C=O) groups is 1. The average Bonchev–Trinajstić information content (AvgIpc) is 2.68. The molecular formula is C11H13N3OS. The van der Waals surface area contributed by atoms with Crippen molar-refractivity contribution in [2.24, 2.45) is 0 Å². The first-order valence-corrected chi connectivity index (χ1v) is 5.78. The molecule has 0 aliphatic rings. The first kappa shape index (κ1) is 10.9. The van der Waals surface area contributed by atoms with Gasteiger partial charge in [0.15, 0.2) is 0 Å². The fraction of sp³-hybridized carbons (Fsp3) is 0.273. The molecule has 4 nitrogen and oxygen atoms in total. The summed E-state index contributed by atoms with van der Waals surface area (Å²) in [5, 5.41) is 3.72. The van der Waals surface area contributed by atoms with Crippen LogP contribution >= 0.6 is 11.3 Å². The Hall–Kier alpha value is -1.62. The van der Waals surface area contributed by atoms with E-state index in [4.69, 9.17) is 0 Å². The highest BCUT2D eigenvalue weighted by atomic mass is 32.1. The average molecular weight is 235 g/mol. The van der Waals surface area contributed by atoms with E-state index in [1.165, 1.54) is 4.90 Å². The number of rotatable bonds is 2. The second kappa shape index (κ2) is 4.49. The zero-order valence-corrected chi connectivity index (χ0v) is 10.0. The number of fused-ring (bicyclic) bond motifs is 1. The smallest absolute Gasteiger partial charge is 0.317 e. The predicted octanol–water partition coefficient (Wildman–Crippen LogP) is 2.07. The molecular weight excluding hydrogens is 222 g/mol. The third-order valence-corrected chi connectivity index (χ3v) is 3.17. The van der Waals surface area contributed by atoms with Crippen LogP contribution in [0.1, 0.15) is 5.01 Å². The number of carbonyl (C=O) groups excluding carboxylic acids is 1. The number of urea groups is 1. The number of hydrogen-bond acceptors (Lipinski definition) is 3. The van der Waals surface area contributed by atoms with Crippen LogP contribution in [0.15, 0.2) is 24.3 Å². The number of amides is 2. The highest BCUT2D eigenvalue weighted by Crippen LogP contribution is 2.21. The van der Waals surface area contributed by atoms with E-state index in [2.05, 4.69) is 10.3 Å². The summed E-state index contributed by atoms with van der Waals surface area (Å²) in [4.78, 5) is 17.3. The van der Waals surface area contributed by atoms with E-state index in [0.717, 1.165) is 15.2 Å². The largest absolute Gasteiger partial charge is 0.331 e. The number of nitrogens with one attached hydrogen (secondary N) is 1. The number of hydrogen-bond donors (Lipinski definition) is 1. The molecule has 0 fully saturated rings. The normalized spacial score (nSPS) is 10.4. The molecule has 1 aromatic heterocycles. The summed E-state index contributed by atoms with van der Waals surface area (Å²) in [6.07, 6.45) is 0. The Morgan fingerprint density at radius 3 is 2.88 bits per heavy atom. The molecule has 1 aromatic carbocycles. The lowest BCUT2D eigenvalue weighted by Crippen LogP contribution is -2.33. The van der Waals surface area contributed by atoms with Crippen LogP contribution in [0.2, 0.25) is 0 Å². The Bertz CT molecular complexity index is 474. The molecule has 0 aliphatic heterocycles. The van der Waals surface area contributed by atoms with Gasteiger partial charge in [0.2, 0.25) is 0 Å². The summed E-state index contributed by atoms with van der Waals surface area (Å²) in [5.41, 5.74) is 0.988. The third kappa shape index (κ3) is 2.30. The van der Waals surface area contributed by atoms with Crippen molar-refractivity contribution in [2.75, 3.05) is 14.1 Å². The van der Waals surface area contributed by atoms with Crippen molar-refractivity contribution in [2.45, 2.75) is 6.54 Å². The molecule has 84 valence electrons. The second-order valence-corrected chi connectivity index (χ2v) is 4.74. The van der Waals surface area contributed by atoms with Crippen molar-refractivity contribution in [1.82, 2.24) is 15.2 Å². The maximum absolute atomic E-state index is 11.3. The number of nitrogens with zero attached hydrogens (tertiary/aromatic N) is 2. The van der Waals surface area contributed by atoms with Gasteiger partial charge >= 0.3 is 6.03 Å². The van der Waals surface area contributed by atoms with Gasteiger partial charge in [-0.2, -0.15) is 0 Å². The summed E-state index contributed by atoms with van der Waals surface area (Å²) in [6, 6.07) is 7.86. The quantitative estimate of drug-likeness (QED) is 0.866. The van der Waals surface area contributed by atoms with Crippen LogP contribution in [0.25, 0.3) is 10.2 Å². The lowest BCUT2D eigenvalue weighted by Gasteiger charge is -2.10. The summed E-state index contributed by atoms with van der Waals surface area (Å²) in [5.74, 6) is 0. The zero-order valence-electron chi connectivity index (χ0n) is 9.23. The SMILES string of the molecule is CN(C)C(=O)NCc1nc2ccccc2s1. The van der Waals surface area contributed by atoms with Crippen molar-refractivity contribution >= 4 is 27.6 Å². The topological polar surface area (TPSA) is 45.2 Å². The van der Waals surface area contributed by atoms with Crippen molar-refractivity contribution in [3.05, 3.63) is 29.3 Å². The Morgan fingerprint density at radius 1 is 1.44 bits per heavy atom. The minimum Gasteiger partial charge on any atom is -0.331 e.